The van der Waals surface area contributed by atoms with Crippen LogP contribution in [0.15, 0.2) is 42.5 Å². The van der Waals surface area contributed by atoms with Gasteiger partial charge in [-0.3, -0.25) is 20.4 Å². The van der Waals surface area contributed by atoms with Gasteiger partial charge in [0.15, 0.2) is 6.61 Å². The second-order valence-corrected chi connectivity index (χ2v) is 5.35. The molecule has 120 valence electrons. The maximum absolute atomic E-state index is 12.1. The molecule has 0 heterocycles. The topological polar surface area (TPSA) is 67.4 Å². The van der Waals surface area contributed by atoms with Crippen molar-refractivity contribution in [2.75, 3.05) is 6.61 Å². The maximum atomic E-state index is 12.1. The van der Waals surface area contributed by atoms with Crippen LogP contribution < -0.4 is 15.6 Å². The summed E-state index contributed by atoms with van der Waals surface area (Å²) in [7, 11) is 0. The quantitative estimate of drug-likeness (QED) is 0.852. The standard InChI is InChI=1S/C18H20N2O3/c1-12-6-4-8-15(10-12)23-11-17(21)19-20-18(22)16-9-5-7-13(2)14(16)3/h4-10H,11H2,1-3H3,(H,19,21)(H,20,22). The summed E-state index contributed by atoms with van der Waals surface area (Å²) in [6.45, 7) is 5.57. The van der Waals surface area contributed by atoms with Gasteiger partial charge in [0.2, 0.25) is 0 Å². The maximum Gasteiger partial charge on any atom is 0.276 e. The SMILES string of the molecule is Cc1cccc(OCC(=O)NNC(=O)c2cccc(C)c2C)c1. The third-order valence-electron chi connectivity index (χ3n) is 3.52. The number of benzene rings is 2. The number of hydrogen-bond donors (Lipinski definition) is 2. The number of nitrogens with one attached hydrogen (secondary N) is 2. The van der Waals surface area contributed by atoms with Crippen LogP contribution in [0, 0.1) is 20.8 Å². The first-order valence-electron chi connectivity index (χ1n) is 7.32. The molecule has 23 heavy (non-hydrogen) atoms. The Kier molecular flexibility index (Phi) is 5.36. The van der Waals surface area contributed by atoms with E-state index in [-0.39, 0.29) is 12.5 Å². The van der Waals surface area contributed by atoms with Crippen LogP contribution in [0.2, 0.25) is 0 Å². The lowest BCUT2D eigenvalue weighted by Gasteiger charge is -2.11. The normalized spacial score (nSPS) is 10.0. The monoisotopic (exact) mass is 312 g/mol. The smallest absolute Gasteiger partial charge is 0.276 e. The van der Waals surface area contributed by atoms with E-state index in [2.05, 4.69) is 10.9 Å². The van der Waals surface area contributed by atoms with Gasteiger partial charge < -0.3 is 4.74 Å². The van der Waals surface area contributed by atoms with Crippen molar-refractivity contribution in [2.45, 2.75) is 20.8 Å². The first kappa shape index (κ1) is 16.5. The second-order valence-electron chi connectivity index (χ2n) is 5.35. The van der Waals surface area contributed by atoms with Crippen molar-refractivity contribution in [1.29, 1.82) is 0 Å². The summed E-state index contributed by atoms with van der Waals surface area (Å²) in [6, 6.07) is 12.9. The lowest BCUT2D eigenvalue weighted by atomic mass is 10.0. The molecule has 2 rings (SSSR count). The van der Waals surface area contributed by atoms with Crippen LogP contribution in [0.3, 0.4) is 0 Å². The van der Waals surface area contributed by atoms with E-state index in [0.717, 1.165) is 16.7 Å². The van der Waals surface area contributed by atoms with Gasteiger partial charge in [0.25, 0.3) is 11.8 Å². The van der Waals surface area contributed by atoms with Crippen LogP contribution in [0.1, 0.15) is 27.0 Å². The van der Waals surface area contributed by atoms with Crippen molar-refractivity contribution < 1.29 is 14.3 Å². The van der Waals surface area contributed by atoms with Crippen molar-refractivity contribution >= 4 is 11.8 Å². The zero-order valence-electron chi connectivity index (χ0n) is 13.5. The molecule has 2 aromatic carbocycles. The molecule has 0 aliphatic heterocycles. The summed E-state index contributed by atoms with van der Waals surface area (Å²) in [5, 5.41) is 0. The van der Waals surface area contributed by atoms with Gasteiger partial charge in [0.1, 0.15) is 5.75 Å². The molecule has 2 aromatic rings. The molecule has 0 spiro atoms. The number of ether oxygens (including phenoxy) is 1. The zero-order chi connectivity index (χ0) is 16.8. The Morgan fingerprint density at radius 1 is 1.00 bits per heavy atom. The van der Waals surface area contributed by atoms with E-state index in [1.807, 2.05) is 45.0 Å². The Bertz CT molecular complexity index is 726. The van der Waals surface area contributed by atoms with Gasteiger partial charge >= 0.3 is 0 Å². The van der Waals surface area contributed by atoms with Crippen LogP contribution in [0.5, 0.6) is 5.75 Å². The highest BCUT2D eigenvalue weighted by atomic mass is 16.5. The number of carbonyl (C=O) groups excluding carboxylic acids is 2. The van der Waals surface area contributed by atoms with Crippen LogP contribution in [0.25, 0.3) is 0 Å². The predicted octanol–water partition coefficient (Wildman–Crippen LogP) is 2.45. The Labute approximate surface area is 135 Å². The van der Waals surface area contributed by atoms with Gasteiger partial charge in [0.05, 0.1) is 0 Å². The highest BCUT2D eigenvalue weighted by Gasteiger charge is 2.11. The van der Waals surface area contributed by atoms with Gasteiger partial charge in [-0.05, 0) is 55.7 Å². The highest BCUT2D eigenvalue weighted by molar-refractivity contribution is 5.97. The fourth-order valence-electron chi connectivity index (χ4n) is 2.08. The number of aryl methyl sites for hydroxylation is 2. The molecule has 2 N–H and O–H groups in total. The fourth-order valence-corrected chi connectivity index (χ4v) is 2.08. The van der Waals surface area contributed by atoms with Crippen molar-refractivity contribution in [3.05, 3.63) is 64.7 Å². The summed E-state index contributed by atoms with van der Waals surface area (Å²) in [5.74, 6) is -0.165. The average Bonchev–Trinajstić information content (AvgIpc) is 2.53. The molecule has 0 atom stereocenters. The van der Waals surface area contributed by atoms with Crippen molar-refractivity contribution in [1.82, 2.24) is 10.9 Å². The van der Waals surface area contributed by atoms with E-state index < -0.39 is 5.91 Å². The molecule has 0 aliphatic carbocycles. The van der Waals surface area contributed by atoms with Crippen LogP contribution >= 0.6 is 0 Å². The molecule has 0 unspecified atom stereocenters. The molecule has 0 radical (unpaired) electrons. The first-order chi connectivity index (χ1) is 11.0. The van der Waals surface area contributed by atoms with Crippen molar-refractivity contribution in [2.24, 2.45) is 0 Å². The predicted molar refractivity (Wildman–Crippen MR) is 88.2 cm³/mol. The molecule has 0 saturated heterocycles. The van der Waals surface area contributed by atoms with Gasteiger partial charge in [0, 0.05) is 5.56 Å². The lowest BCUT2D eigenvalue weighted by molar-refractivity contribution is -0.123. The minimum absolute atomic E-state index is 0.170. The molecule has 0 saturated carbocycles. The molecule has 0 fully saturated rings. The minimum atomic E-state index is -0.426. The van der Waals surface area contributed by atoms with E-state index in [0.29, 0.717) is 11.3 Å². The lowest BCUT2D eigenvalue weighted by Crippen LogP contribution is -2.44. The molecular formula is C18H20N2O3. The third-order valence-corrected chi connectivity index (χ3v) is 3.52. The molecule has 2 amide bonds. The number of rotatable bonds is 4. The van der Waals surface area contributed by atoms with E-state index in [1.54, 1.807) is 18.2 Å². The number of carbonyl (C=O) groups is 2. The van der Waals surface area contributed by atoms with E-state index in [9.17, 15) is 9.59 Å². The first-order valence-corrected chi connectivity index (χ1v) is 7.32. The highest BCUT2D eigenvalue weighted by Crippen LogP contribution is 2.13. The Balaban J connectivity index is 1.84. The molecular weight excluding hydrogens is 292 g/mol. The Hall–Kier alpha value is -2.82. The molecule has 0 bridgehead atoms. The minimum Gasteiger partial charge on any atom is -0.484 e. The third kappa shape index (κ3) is 4.57. The summed E-state index contributed by atoms with van der Waals surface area (Å²) in [4.78, 5) is 23.8. The molecule has 0 aliphatic rings. The summed E-state index contributed by atoms with van der Waals surface area (Å²) < 4.78 is 5.37. The van der Waals surface area contributed by atoms with E-state index in [4.69, 9.17) is 4.74 Å². The van der Waals surface area contributed by atoms with Crippen LogP contribution in [0.4, 0.5) is 0 Å². The van der Waals surface area contributed by atoms with Gasteiger partial charge in [-0.25, -0.2) is 0 Å². The average molecular weight is 312 g/mol. The Morgan fingerprint density at radius 3 is 2.48 bits per heavy atom. The number of hydrazine groups is 1. The number of hydrogen-bond acceptors (Lipinski definition) is 3. The van der Waals surface area contributed by atoms with E-state index >= 15 is 0 Å². The molecule has 0 aromatic heterocycles. The summed E-state index contributed by atoms with van der Waals surface area (Å²) in [6.07, 6.45) is 0. The Morgan fingerprint density at radius 2 is 1.74 bits per heavy atom. The van der Waals surface area contributed by atoms with Crippen LogP contribution in [-0.2, 0) is 4.79 Å². The zero-order valence-corrected chi connectivity index (χ0v) is 13.5. The van der Waals surface area contributed by atoms with E-state index in [1.165, 1.54) is 0 Å². The molecule has 5 heteroatoms. The molecule has 5 nitrogen and oxygen atoms in total. The fraction of sp³-hybridized carbons (Fsp3) is 0.222. The van der Waals surface area contributed by atoms with Gasteiger partial charge in [-0.1, -0.05) is 24.3 Å². The van der Waals surface area contributed by atoms with Crippen molar-refractivity contribution in [3.8, 4) is 5.75 Å². The largest absolute Gasteiger partial charge is 0.484 e. The summed E-state index contributed by atoms with van der Waals surface area (Å²) >= 11 is 0. The number of amides is 2. The second kappa shape index (κ2) is 7.45. The van der Waals surface area contributed by atoms with Gasteiger partial charge in [-0.2, -0.15) is 0 Å². The van der Waals surface area contributed by atoms with Crippen molar-refractivity contribution in [3.63, 3.8) is 0 Å². The van der Waals surface area contributed by atoms with Crippen LogP contribution in [-0.4, -0.2) is 18.4 Å². The van der Waals surface area contributed by atoms with Gasteiger partial charge in [-0.15, -0.1) is 0 Å². The summed E-state index contributed by atoms with van der Waals surface area (Å²) in [5.41, 5.74) is 8.23.